The third-order valence-electron chi connectivity index (χ3n) is 6.71. The van der Waals surface area contributed by atoms with Gasteiger partial charge in [-0.25, -0.2) is 4.39 Å². The Morgan fingerprint density at radius 3 is 2.53 bits per heavy atom. The van der Waals surface area contributed by atoms with E-state index in [1.807, 2.05) is 30.3 Å². The predicted octanol–water partition coefficient (Wildman–Crippen LogP) is 5.40. The van der Waals surface area contributed by atoms with Gasteiger partial charge in [-0.2, -0.15) is 0 Å². The summed E-state index contributed by atoms with van der Waals surface area (Å²) in [5.41, 5.74) is 1.22. The van der Waals surface area contributed by atoms with Crippen LogP contribution in [0.15, 0.2) is 42.5 Å². The Hall–Kier alpha value is -1.98. The highest BCUT2D eigenvalue weighted by molar-refractivity contribution is 5.85. The number of halogens is 2. The fourth-order valence-electron chi connectivity index (χ4n) is 5.15. The van der Waals surface area contributed by atoms with Crippen LogP contribution in [0.2, 0.25) is 0 Å². The zero-order valence-electron chi connectivity index (χ0n) is 17.1. The standard InChI is InChI=1S/C24H28FNO3.ClH/c25-19-7-5-17(6-8-19)22-11-12-26(20-3-1-2-4-20)14-18(22)15-27-21-9-10-23-24(13-21)29-16-28-23;/h5-10,13,18,20,22H,1-4,11-12,14-16H2;1H/t18-,22-;/m1./s1. The van der Waals surface area contributed by atoms with E-state index >= 15 is 0 Å². The molecule has 1 saturated heterocycles. The number of fused-ring (bicyclic) bond motifs is 1. The molecule has 30 heavy (non-hydrogen) atoms. The van der Waals surface area contributed by atoms with Crippen LogP contribution in [0.4, 0.5) is 4.39 Å². The first-order chi connectivity index (χ1) is 14.3. The van der Waals surface area contributed by atoms with Gasteiger partial charge in [-0.3, -0.25) is 4.90 Å². The molecule has 0 N–H and O–H groups in total. The van der Waals surface area contributed by atoms with Gasteiger partial charge in [-0.15, -0.1) is 12.4 Å². The normalized spacial score (nSPS) is 23.9. The number of piperidine rings is 1. The first kappa shape index (κ1) is 21.3. The molecule has 2 aliphatic heterocycles. The summed E-state index contributed by atoms with van der Waals surface area (Å²) in [5.74, 6) is 2.92. The largest absolute Gasteiger partial charge is 0.493 e. The lowest BCUT2D eigenvalue weighted by molar-refractivity contribution is 0.0804. The Balaban J connectivity index is 0.00000218. The van der Waals surface area contributed by atoms with Gasteiger partial charge in [0.1, 0.15) is 11.6 Å². The molecule has 0 amide bonds. The number of ether oxygens (including phenoxy) is 3. The summed E-state index contributed by atoms with van der Waals surface area (Å²) in [6, 6.07) is 13.5. The average molecular weight is 434 g/mol. The second kappa shape index (κ2) is 9.44. The summed E-state index contributed by atoms with van der Waals surface area (Å²) in [6.07, 6.45) is 6.42. The lowest BCUT2D eigenvalue weighted by Crippen LogP contribution is -2.46. The molecule has 2 aromatic carbocycles. The molecule has 0 spiro atoms. The van der Waals surface area contributed by atoms with E-state index in [4.69, 9.17) is 14.2 Å². The minimum Gasteiger partial charge on any atom is -0.493 e. The first-order valence-electron chi connectivity index (χ1n) is 10.8. The van der Waals surface area contributed by atoms with Crippen molar-refractivity contribution in [2.75, 3.05) is 26.5 Å². The maximum Gasteiger partial charge on any atom is 0.231 e. The van der Waals surface area contributed by atoms with E-state index in [1.54, 1.807) is 12.1 Å². The van der Waals surface area contributed by atoms with E-state index in [0.29, 0.717) is 18.4 Å². The Morgan fingerprint density at radius 1 is 0.967 bits per heavy atom. The summed E-state index contributed by atoms with van der Waals surface area (Å²) < 4.78 is 30.5. The average Bonchev–Trinajstić information content (AvgIpc) is 3.44. The first-order valence-corrected chi connectivity index (χ1v) is 10.8. The van der Waals surface area contributed by atoms with E-state index in [-0.39, 0.29) is 25.0 Å². The third kappa shape index (κ3) is 4.52. The van der Waals surface area contributed by atoms with Crippen LogP contribution in [0, 0.1) is 11.7 Å². The van der Waals surface area contributed by atoms with Crippen LogP contribution >= 0.6 is 12.4 Å². The summed E-state index contributed by atoms with van der Waals surface area (Å²) in [7, 11) is 0. The van der Waals surface area contributed by atoms with Gasteiger partial charge in [-0.1, -0.05) is 25.0 Å². The molecule has 0 radical (unpaired) electrons. The van der Waals surface area contributed by atoms with Crippen LogP contribution in [0.1, 0.15) is 43.6 Å². The molecule has 162 valence electrons. The second-order valence-electron chi connectivity index (χ2n) is 8.47. The molecular weight excluding hydrogens is 405 g/mol. The van der Waals surface area contributed by atoms with Crippen molar-refractivity contribution in [1.82, 2.24) is 4.90 Å². The highest BCUT2D eigenvalue weighted by Crippen LogP contribution is 2.38. The Labute approximate surface area is 183 Å². The van der Waals surface area contributed by atoms with Crippen LogP contribution in [-0.4, -0.2) is 37.4 Å². The van der Waals surface area contributed by atoms with E-state index < -0.39 is 0 Å². The third-order valence-corrected chi connectivity index (χ3v) is 6.71. The molecule has 0 unspecified atom stereocenters. The van der Waals surface area contributed by atoms with Crippen molar-refractivity contribution in [1.29, 1.82) is 0 Å². The number of nitrogens with zero attached hydrogens (tertiary/aromatic N) is 1. The SMILES string of the molecule is Cl.Fc1ccc([C@H]2CCN(C3CCCC3)C[C@@H]2COc2ccc3c(c2)OCO3)cc1. The quantitative estimate of drug-likeness (QED) is 0.631. The van der Waals surface area contributed by atoms with Gasteiger partial charge < -0.3 is 14.2 Å². The highest BCUT2D eigenvalue weighted by Gasteiger charge is 2.34. The van der Waals surface area contributed by atoms with E-state index in [1.165, 1.54) is 31.2 Å². The molecular formula is C24H29ClFNO3. The number of benzene rings is 2. The molecule has 6 heteroatoms. The number of hydrogen-bond donors (Lipinski definition) is 0. The maximum atomic E-state index is 13.4. The Kier molecular flexibility index (Phi) is 6.69. The predicted molar refractivity (Wildman–Crippen MR) is 116 cm³/mol. The van der Waals surface area contributed by atoms with E-state index in [0.717, 1.165) is 42.8 Å². The van der Waals surface area contributed by atoms with E-state index in [9.17, 15) is 4.39 Å². The number of rotatable bonds is 5. The van der Waals surface area contributed by atoms with Gasteiger partial charge in [0.05, 0.1) is 6.61 Å². The Morgan fingerprint density at radius 2 is 1.73 bits per heavy atom. The van der Waals surface area contributed by atoms with Crippen molar-refractivity contribution in [3.8, 4) is 17.2 Å². The second-order valence-corrected chi connectivity index (χ2v) is 8.47. The molecule has 0 aromatic heterocycles. The van der Waals surface area contributed by atoms with Gasteiger partial charge >= 0.3 is 0 Å². The molecule has 2 aromatic rings. The van der Waals surface area contributed by atoms with Crippen molar-refractivity contribution in [3.05, 3.63) is 53.8 Å². The molecule has 5 rings (SSSR count). The minimum absolute atomic E-state index is 0. The summed E-state index contributed by atoms with van der Waals surface area (Å²) in [4.78, 5) is 2.67. The van der Waals surface area contributed by atoms with Crippen LogP contribution in [-0.2, 0) is 0 Å². The monoisotopic (exact) mass is 433 g/mol. The zero-order valence-corrected chi connectivity index (χ0v) is 17.9. The van der Waals surface area contributed by atoms with Gasteiger partial charge in [0.15, 0.2) is 11.5 Å². The highest BCUT2D eigenvalue weighted by atomic mass is 35.5. The van der Waals surface area contributed by atoms with Gasteiger partial charge in [0.25, 0.3) is 0 Å². The van der Waals surface area contributed by atoms with Crippen LogP contribution in [0.5, 0.6) is 17.2 Å². The molecule has 4 nitrogen and oxygen atoms in total. The smallest absolute Gasteiger partial charge is 0.231 e. The molecule has 2 atom stereocenters. The lowest BCUT2D eigenvalue weighted by atomic mass is 9.80. The lowest BCUT2D eigenvalue weighted by Gasteiger charge is -2.41. The molecule has 2 heterocycles. The van der Waals surface area contributed by atoms with Gasteiger partial charge in [0, 0.05) is 24.6 Å². The van der Waals surface area contributed by atoms with Crippen molar-refractivity contribution in [3.63, 3.8) is 0 Å². The minimum atomic E-state index is -0.176. The van der Waals surface area contributed by atoms with Gasteiger partial charge in [0.2, 0.25) is 6.79 Å². The number of hydrogen-bond acceptors (Lipinski definition) is 4. The van der Waals surface area contributed by atoms with Gasteiger partial charge in [-0.05, 0) is 61.6 Å². The topological polar surface area (TPSA) is 30.9 Å². The zero-order chi connectivity index (χ0) is 19.6. The van der Waals surface area contributed by atoms with Crippen molar-refractivity contribution < 1.29 is 18.6 Å². The van der Waals surface area contributed by atoms with Crippen LogP contribution < -0.4 is 14.2 Å². The fourth-order valence-corrected chi connectivity index (χ4v) is 5.15. The maximum absolute atomic E-state index is 13.4. The molecule has 2 fully saturated rings. The fraction of sp³-hybridized carbons (Fsp3) is 0.500. The van der Waals surface area contributed by atoms with Crippen LogP contribution in [0.3, 0.4) is 0 Å². The molecule has 1 aliphatic carbocycles. The van der Waals surface area contributed by atoms with E-state index in [2.05, 4.69) is 4.90 Å². The summed E-state index contributed by atoms with van der Waals surface area (Å²) in [6.45, 7) is 3.07. The molecule has 3 aliphatic rings. The van der Waals surface area contributed by atoms with Crippen LogP contribution in [0.25, 0.3) is 0 Å². The number of likely N-dealkylation sites (tertiary alicyclic amines) is 1. The summed E-state index contributed by atoms with van der Waals surface area (Å²) >= 11 is 0. The van der Waals surface area contributed by atoms with Crippen molar-refractivity contribution >= 4 is 12.4 Å². The Bertz CT molecular complexity index is 841. The summed E-state index contributed by atoms with van der Waals surface area (Å²) in [5, 5.41) is 0. The van der Waals surface area contributed by atoms with Crippen molar-refractivity contribution in [2.24, 2.45) is 5.92 Å². The van der Waals surface area contributed by atoms with Crippen molar-refractivity contribution in [2.45, 2.75) is 44.1 Å². The molecule has 0 bridgehead atoms. The molecule has 1 saturated carbocycles.